The Labute approximate surface area is 118 Å². The summed E-state index contributed by atoms with van der Waals surface area (Å²) in [7, 11) is 0. The molecule has 1 amide bonds. The lowest BCUT2D eigenvalue weighted by Crippen LogP contribution is -2.15. The third-order valence-electron chi connectivity index (χ3n) is 2.48. The van der Waals surface area contributed by atoms with Crippen molar-refractivity contribution in [2.45, 2.75) is 0 Å². The average Bonchev–Trinajstić information content (AvgIpc) is 2.43. The van der Waals surface area contributed by atoms with Crippen LogP contribution in [0.5, 0.6) is 0 Å². The predicted octanol–water partition coefficient (Wildman–Crippen LogP) is 2.58. The van der Waals surface area contributed by atoms with Crippen LogP contribution in [0.2, 0.25) is 5.02 Å². The smallest absolute Gasteiger partial charge is 0.259 e. The van der Waals surface area contributed by atoms with E-state index in [1.807, 2.05) is 6.07 Å². The standard InChI is InChI=1S/C13H8ClFN4O/c14-10-3-7(5-16)1-2-11(10)19-13(20)9-4-8(15)6-18-12(9)17/h1-4,6H,(H2,17,18)(H,19,20). The topological polar surface area (TPSA) is 91.8 Å². The molecule has 3 N–H and O–H groups in total. The van der Waals surface area contributed by atoms with Crippen LogP contribution < -0.4 is 11.1 Å². The highest BCUT2D eigenvalue weighted by molar-refractivity contribution is 6.34. The van der Waals surface area contributed by atoms with Crippen LogP contribution in [0.25, 0.3) is 0 Å². The zero-order valence-corrected chi connectivity index (χ0v) is 10.8. The Balaban J connectivity index is 2.28. The van der Waals surface area contributed by atoms with E-state index in [0.717, 1.165) is 12.3 Å². The first-order chi connectivity index (χ1) is 9.51. The van der Waals surface area contributed by atoms with Crippen LogP contribution in [-0.2, 0) is 0 Å². The van der Waals surface area contributed by atoms with Crippen molar-refractivity contribution in [1.29, 1.82) is 5.26 Å². The summed E-state index contributed by atoms with van der Waals surface area (Å²) in [6.07, 6.45) is 0.917. The third kappa shape index (κ3) is 2.84. The maximum absolute atomic E-state index is 13.1. The molecule has 0 aliphatic heterocycles. The lowest BCUT2D eigenvalue weighted by molar-refractivity contribution is 0.102. The van der Waals surface area contributed by atoms with Gasteiger partial charge in [-0.1, -0.05) is 11.6 Å². The Bertz CT molecular complexity index is 727. The number of aromatic nitrogens is 1. The molecule has 1 aromatic carbocycles. The van der Waals surface area contributed by atoms with E-state index in [9.17, 15) is 9.18 Å². The van der Waals surface area contributed by atoms with Crippen molar-refractivity contribution in [2.24, 2.45) is 0 Å². The highest BCUT2D eigenvalue weighted by atomic mass is 35.5. The molecule has 100 valence electrons. The molecule has 0 aliphatic rings. The minimum atomic E-state index is -0.671. The van der Waals surface area contributed by atoms with Crippen LogP contribution in [0, 0.1) is 17.1 Å². The first kappa shape index (κ1) is 13.8. The average molecular weight is 291 g/mol. The van der Waals surface area contributed by atoms with Gasteiger partial charge in [-0.05, 0) is 24.3 Å². The van der Waals surface area contributed by atoms with Crippen molar-refractivity contribution in [3.63, 3.8) is 0 Å². The van der Waals surface area contributed by atoms with Gasteiger partial charge in [0.2, 0.25) is 0 Å². The number of nitrogens with one attached hydrogen (secondary N) is 1. The number of pyridine rings is 1. The Kier molecular flexibility index (Phi) is 3.82. The largest absolute Gasteiger partial charge is 0.383 e. The van der Waals surface area contributed by atoms with E-state index in [1.54, 1.807) is 0 Å². The molecule has 0 radical (unpaired) electrons. The van der Waals surface area contributed by atoms with Crippen molar-refractivity contribution in [1.82, 2.24) is 4.98 Å². The van der Waals surface area contributed by atoms with Crippen LogP contribution in [0.4, 0.5) is 15.9 Å². The van der Waals surface area contributed by atoms with E-state index >= 15 is 0 Å². The molecule has 1 aromatic heterocycles. The van der Waals surface area contributed by atoms with E-state index in [2.05, 4.69) is 10.3 Å². The van der Waals surface area contributed by atoms with Crippen LogP contribution >= 0.6 is 11.6 Å². The number of halogens is 2. The Morgan fingerprint density at radius 2 is 2.20 bits per heavy atom. The fourth-order valence-electron chi connectivity index (χ4n) is 1.51. The molecule has 0 bridgehead atoms. The molecular formula is C13H8ClFN4O. The zero-order valence-electron chi connectivity index (χ0n) is 10.0. The van der Waals surface area contributed by atoms with Crippen molar-refractivity contribution in [3.8, 4) is 6.07 Å². The molecule has 0 unspecified atom stereocenters. The number of nitrogen functional groups attached to an aromatic ring is 1. The summed E-state index contributed by atoms with van der Waals surface area (Å²) in [5.41, 5.74) is 6.07. The fourth-order valence-corrected chi connectivity index (χ4v) is 1.74. The molecule has 0 atom stereocenters. The highest BCUT2D eigenvalue weighted by Crippen LogP contribution is 2.24. The predicted molar refractivity (Wildman–Crippen MR) is 72.7 cm³/mol. The molecule has 7 heteroatoms. The van der Waals surface area contributed by atoms with Gasteiger partial charge in [0, 0.05) is 0 Å². The van der Waals surface area contributed by atoms with Gasteiger partial charge in [-0.2, -0.15) is 5.26 Å². The maximum atomic E-state index is 13.1. The molecule has 2 rings (SSSR count). The van der Waals surface area contributed by atoms with Gasteiger partial charge in [0.05, 0.1) is 34.1 Å². The summed E-state index contributed by atoms with van der Waals surface area (Å²) in [5.74, 6) is -1.40. The Morgan fingerprint density at radius 1 is 1.45 bits per heavy atom. The van der Waals surface area contributed by atoms with E-state index in [0.29, 0.717) is 11.3 Å². The van der Waals surface area contributed by atoms with Crippen LogP contribution in [0.1, 0.15) is 15.9 Å². The number of nitrogens with two attached hydrogens (primary N) is 1. The molecule has 0 fully saturated rings. The summed E-state index contributed by atoms with van der Waals surface area (Å²) in [6.45, 7) is 0. The number of hydrogen-bond donors (Lipinski definition) is 2. The first-order valence-electron chi connectivity index (χ1n) is 5.43. The number of carbonyl (C=O) groups excluding carboxylic acids is 1. The molecule has 0 spiro atoms. The lowest BCUT2D eigenvalue weighted by atomic mass is 10.2. The summed E-state index contributed by atoms with van der Waals surface area (Å²) in [6, 6.07) is 7.28. The highest BCUT2D eigenvalue weighted by Gasteiger charge is 2.14. The normalized spacial score (nSPS) is 9.85. The first-order valence-corrected chi connectivity index (χ1v) is 5.81. The van der Waals surface area contributed by atoms with Gasteiger partial charge >= 0.3 is 0 Å². The molecule has 5 nitrogen and oxygen atoms in total. The summed E-state index contributed by atoms with van der Waals surface area (Å²) in [4.78, 5) is 15.5. The zero-order chi connectivity index (χ0) is 14.7. The molecule has 0 saturated carbocycles. The second-order valence-electron chi connectivity index (χ2n) is 3.85. The SMILES string of the molecule is N#Cc1ccc(NC(=O)c2cc(F)cnc2N)c(Cl)c1. The summed E-state index contributed by atoms with van der Waals surface area (Å²) >= 11 is 5.92. The Hall–Kier alpha value is -2.65. The van der Waals surface area contributed by atoms with E-state index in [4.69, 9.17) is 22.6 Å². The molecule has 1 heterocycles. The van der Waals surface area contributed by atoms with Crippen LogP contribution in [0.15, 0.2) is 30.5 Å². The van der Waals surface area contributed by atoms with Crippen LogP contribution in [0.3, 0.4) is 0 Å². The minimum absolute atomic E-state index is 0.0892. The van der Waals surface area contributed by atoms with E-state index in [1.165, 1.54) is 18.2 Å². The van der Waals surface area contributed by atoms with E-state index < -0.39 is 11.7 Å². The van der Waals surface area contributed by atoms with Gasteiger partial charge in [-0.15, -0.1) is 0 Å². The van der Waals surface area contributed by atoms with Gasteiger partial charge in [0.25, 0.3) is 5.91 Å². The van der Waals surface area contributed by atoms with Crippen molar-refractivity contribution in [2.75, 3.05) is 11.1 Å². The minimum Gasteiger partial charge on any atom is -0.383 e. The lowest BCUT2D eigenvalue weighted by Gasteiger charge is -2.08. The van der Waals surface area contributed by atoms with Gasteiger partial charge in [0.15, 0.2) is 0 Å². The van der Waals surface area contributed by atoms with Crippen molar-refractivity contribution < 1.29 is 9.18 Å². The molecule has 2 aromatic rings. The molecule has 20 heavy (non-hydrogen) atoms. The number of anilines is 2. The second kappa shape index (κ2) is 5.55. The second-order valence-corrected chi connectivity index (χ2v) is 4.25. The van der Waals surface area contributed by atoms with Crippen molar-refractivity contribution >= 4 is 29.0 Å². The van der Waals surface area contributed by atoms with Gasteiger partial charge < -0.3 is 11.1 Å². The fraction of sp³-hybridized carbons (Fsp3) is 0. The third-order valence-corrected chi connectivity index (χ3v) is 2.79. The number of carbonyl (C=O) groups is 1. The molecule has 0 saturated heterocycles. The monoisotopic (exact) mass is 290 g/mol. The number of nitriles is 1. The van der Waals surface area contributed by atoms with E-state index in [-0.39, 0.29) is 16.4 Å². The Morgan fingerprint density at radius 3 is 2.85 bits per heavy atom. The van der Waals surface area contributed by atoms with Crippen molar-refractivity contribution in [3.05, 3.63) is 52.4 Å². The number of rotatable bonds is 2. The number of amides is 1. The number of nitrogens with zero attached hydrogens (tertiary/aromatic N) is 2. The summed E-state index contributed by atoms with van der Waals surface area (Å²) in [5, 5.41) is 11.4. The molecular weight excluding hydrogens is 283 g/mol. The van der Waals surface area contributed by atoms with Gasteiger partial charge in [-0.25, -0.2) is 9.37 Å². The quantitative estimate of drug-likeness (QED) is 0.889. The number of benzene rings is 1. The van der Waals surface area contributed by atoms with Crippen LogP contribution in [-0.4, -0.2) is 10.9 Å². The summed E-state index contributed by atoms with van der Waals surface area (Å²) < 4.78 is 13.1. The number of hydrogen-bond acceptors (Lipinski definition) is 4. The molecule has 0 aliphatic carbocycles. The van der Waals surface area contributed by atoms with Gasteiger partial charge in [0.1, 0.15) is 11.6 Å². The van der Waals surface area contributed by atoms with Gasteiger partial charge in [-0.3, -0.25) is 4.79 Å². The maximum Gasteiger partial charge on any atom is 0.259 e.